The van der Waals surface area contributed by atoms with Gasteiger partial charge in [0, 0.05) is 10.2 Å². The van der Waals surface area contributed by atoms with Crippen LogP contribution in [0.3, 0.4) is 0 Å². The average Bonchev–Trinajstić information content (AvgIpc) is 3.19. The van der Waals surface area contributed by atoms with E-state index in [0.717, 1.165) is 38.2 Å². The molecule has 0 unspecified atom stereocenters. The summed E-state index contributed by atoms with van der Waals surface area (Å²) < 4.78 is 12.6. The van der Waals surface area contributed by atoms with Gasteiger partial charge in [-0.2, -0.15) is 0 Å². The number of ether oxygens (including phenoxy) is 1. The number of aryl methyl sites for hydroxylation is 1. The van der Waals surface area contributed by atoms with Crippen LogP contribution in [0.1, 0.15) is 47.9 Å². The van der Waals surface area contributed by atoms with E-state index in [1.165, 1.54) is 11.8 Å². The Morgan fingerprint density at radius 2 is 1.94 bits per heavy atom. The number of aromatic nitrogens is 2. The SMILES string of the molecule is Cc1ccc(C(C)C)c(OCc2nnc(SCC(=O)Nc3ccc(Br)c(C)c3C)o2)c1. The smallest absolute Gasteiger partial charge is 0.277 e. The van der Waals surface area contributed by atoms with Crippen LogP contribution < -0.4 is 10.1 Å². The van der Waals surface area contributed by atoms with E-state index < -0.39 is 0 Å². The standard InChI is InChI=1S/C23H26BrN3O3S/c1-13(2)17-7-6-14(3)10-20(17)29-11-22-26-27-23(30-22)31-12-21(28)25-19-9-8-18(24)15(4)16(19)5/h6-10,13H,11-12H2,1-5H3,(H,25,28). The van der Waals surface area contributed by atoms with Gasteiger partial charge < -0.3 is 14.5 Å². The van der Waals surface area contributed by atoms with Gasteiger partial charge in [0.15, 0.2) is 6.61 Å². The zero-order valence-electron chi connectivity index (χ0n) is 18.3. The van der Waals surface area contributed by atoms with Crippen molar-refractivity contribution in [1.82, 2.24) is 10.2 Å². The molecule has 1 N–H and O–H groups in total. The molecular formula is C23H26BrN3O3S. The molecule has 0 saturated carbocycles. The summed E-state index contributed by atoms with van der Waals surface area (Å²) in [6.45, 7) is 10.4. The molecule has 1 heterocycles. The number of anilines is 1. The van der Waals surface area contributed by atoms with Gasteiger partial charge in [0.05, 0.1) is 5.75 Å². The summed E-state index contributed by atoms with van der Waals surface area (Å²) in [5.41, 5.74) is 5.19. The lowest BCUT2D eigenvalue weighted by atomic mass is 10.0. The Kier molecular flexibility index (Phi) is 7.78. The molecule has 164 valence electrons. The van der Waals surface area contributed by atoms with Gasteiger partial charge in [-0.3, -0.25) is 4.79 Å². The molecule has 0 spiro atoms. The van der Waals surface area contributed by atoms with Crippen molar-refractivity contribution in [1.29, 1.82) is 0 Å². The molecule has 1 amide bonds. The molecule has 1 aromatic heterocycles. The number of benzene rings is 2. The van der Waals surface area contributed by atoms with Gasteiger partial charge in [0.1, 0.15) is 5.75 Å². The van der Waals surface area contributed by atoms with Crippen LogP contribution in [0.15, 0.2) is 44.4 Å². The maximum absolute atomic E-state index is 12.3. The molecule has 0 aliphatic rings. The Morgan fingerprint density at radius 1 is 1.16 bits per heavy atom. The number of thioether (sulfide) groups is 1. The lowest BCUT2D eigenvalue weighted by Crippen LogP contribution is -2.15. The molecule has 3 aromatic rings. The van der Waals surface area contributed by atoms with Crippen molar-refractivity contribution < 1.29 is 13.9 Å². The highest BCUT2D eigenvalue weighted by atomic mass is 79.9. The minimum absolute atomic E-state index is 0.132. The molecule has 0 radical (unpaired) electrons. The summed E-state index contributed by atoms with van der Waals surface area (Å²) >= 11 is 4.69. The number of rotatable bonds is 8. The van der Waals surface area contributed by atoms with Gasteiger partial charge in [-0.25, -0.2) is 0 Å². The first kappa shape index (κ1) is 23.3. The normalized spacial score (nSPS) is 11.1. The lowest BCUT2D eigenvalue weighted by Gasteiger charge is -2.13. The molecule has 0 aliphatic heterocycles. The number of nitrogens with one attached hydrogen (secondary N) is 1. The van der Waals surface area contributed by atoms with E-state index >= 15 is 0 Å². The van der Waals surface area contributed by atoms with E-state index in [9.17, 15) is 4.79 Å². The molecule has 0 bridgehead atoms. The van der Waals surface area contributed by atoms with E-state index in [1.807, 2.05) is 39.0 Å². The molecule has 6 nitrogen and oxygen atoms in total. The summed E-state index contributed by atoms with van der Waals surface area (Å²) in [5.74, 6) is 1.58. The molecule has 3 rings (SSSR count). The zero-order chi connectivity index (χ0) is 22.5. The second kappa shape index (κ2) is 10.3. The van der Waals surface area contributed by atoms with Gasteiger partial charge in [-0.05, 0) is 67.1 Å². The monoisotopic (exact) mass is 503 g/mol. The molecule has 0 aliphatic carbocycles. The zero-order valence-corrected chi connectivity index (χ0v) is 20.7. The average molecular weight is 504 g/mol. The van der Waals surface area contributed by atoms with Crippen molar-refractivity contribution in [2.75, 3.05) is 11.1 Å². The number of carbonyl (C=O) groups excluding carboxylic acids is 1. The largest absolute Gasteiger partial charge is 0.484 e. The molecule has 2 aromatic carbocycles. The Morgan fingerprint density at radius 3 is 2.68 bits per heavy atom. The molecule has 8 heteroatoms. The van der Waals surface area contributed by atoms with Crippen LogP contribution >= 0.6 is 27.7 Å². The summed E-state index contributed by atoms with van der Waals surface area (Å²) in [4.78, 5) is 12.3. The first-order valence-corrected chi connectivity index (χ1v) is 11.8. The second-order valence-electron chi connectivity index (χ2n) is 7.63. The molecule has 31 heavy (non-hydrogen) atoms. The topological polar surface area (TPSA) is 77.2 Å². The summed E-state index contributed by atoms with van der Waals surface area (Å²) in [7, 11) is 0. The van der Waals surface area contributed by atoms with E-state index in [-0.39, 0.29) is 18.3 Å². The fourth-order valence-corrected chi connectivity index (χ4v) is 3.98. The minimum Gasteiger partial charge on any atom is -0.484 e. The highest BCUT2D eigenvalue weighted by molar-refractivity contribution is 9.10. The van der Waals surface area contributed by atoms with Crippen LogP contribution in [0.2, 0.25) is 0 Å². The van der Waals surface area contributed by atoms with E-state index in [2.05, 4.69) is 57.4 Å². The van der Waals surface area contributed by atoms with Crippen LogP contribution in [-0.4, -0.2) is 21.9 Å². The Balaban J connectivity index is 1.54. The van der Waals surface area contributed by atoms with E-state index in [0.29, 0.717) is 17.0 Å². The van der Waals surface area contributed by atoms with Crippen molar-refractivity contribution in [3.05, 3.63) is 62.9 Å². The predicted octanol–water partition coefficient (Wildman–Crippen LogP) is 6.19. The van der Waals surface area contributed by atoms with Gasteiger partial charge >= 0.3 is 0 Å². The molecular weight excluding hydrogens is 478 g/mol. The van der Waals surface area contributed by atoms with Crippen LogP contribution in [0.25, 0.3) is 0 Å². The van der Waals surface area contributed by atoms with Gasteiger partial charge in [0.25, 0.3) is 11.1 Å². The Labute approximate surface area is 195 Å². The fraction of sp³-hybridized carbons (Fsp3) is 0.348. The Bertz CT molecular complexity index is 1080. The van der Waals surface area contributed by atoms with Crippen LogP contribution in [-0.2, 0) is 11.4 Å². The summed E-state index contributed by atoms with van der Waals surface area (Å²) in [5, 5.41) is 11.3. The van der Waals surface area contributed by atoms with Crippen molar-refractivity contribution in [2.24, 2.45) is 0 Å². The van der Waals surface area contributed by atoms with E-state index in [4.69, 9.17) is 9.15 Å². The summed E-state index contributed by atoms with van der Waals surface area (Å²) in [6, 6.07) is 9.98. The van der Waals surface area contributed by atoms with Gasteiger partial charge in [-0.1, -0.05) is 53.7 Å². The first-order valence-electron chi connectivity index (χ1n) is 9.98. The third-order valence-corrected chi connectivity index (χ3v) is 6.59. The highest BCUT2D eigenvalue weighted by Crippen LogP contribution is 2.29. The van der Waals surface area contributed by atoms with Crippen LogP contribution in [0.4, 0.5) is 5.69 Å². The predicted molar refractivity (Wildman–Crippen MR) is 127 cm³/mol. The van der Waals surface area contributed by atoms with Crippen molar-refractivity contribution >= 4 is 39.3 Å². The third kappa shape index (κ3) is 6.11. The first-order chi connectivity index (χ1) is 14.7. The number of nitrogens with zero attached hydrogens (tertiary/aromatic N) is 2. The summed E-state index contributed by atoms with van der Waals surface area (Å²) in [6.07, 6.45) is 0. The fourth-order valence-electron chi connectivity index (χ4n) is 2.97. The van der Waals surface area contributed by atoms with Gasteiger partial charge in [-0.15, -0.1) is 10.2 Å². The minimum atomic E-state index is -0.132. The lowest BCUT2D eigenvalue weighted by molar-refractivity contribution is -0.113. The third-order valence-electron chi connectivity index (χ3n) is 4.91. The molecule has 0 atom stereocenters. The second-order valence-corrected chi connectivity index (χ2v) is 9.41. The van der Waals surface area contributed by atoms with Crippen LogP contribution in [0, 0.1) is 20.8 Å². The number of hydrogen-bond donors (Lipinski definition) is 1. The molecule has 0 fully saturated rings. The molecule has 0 saturated heterocycles. The number of hydrogen-bond acceptors (Lipinski definition) is 6. The van der Waals surface area contributed by atoms with Gasteiger partial charge in [0.2, 0.25) is 5.91 Å². The van der Waals surface area contributed by atoms with Crippen molar-refractivity contribution in [3.8, 4) is 5.75 Å². The highest BCUT2D eigenvalue weighted by Gasteiger charge is 2.14. The van der Waals surface area contributed by atoms with Crippen molar-refractivity contribution in [2.45, 2.75) is 52.4 Å². The number of halogens is 1. The Hall–Kier alpha value is -2.32. The van der Waals surface area contributed by atoms with Crippen molar-refractivity contribution in [3.63, 3.8) is 0 Å². The number of amides is 1. The number of carbonyl (C=O) groups is 1. The van der Waals surface area contributed by atoms with Crippen LogP contribution in [0.5, 0.6) is 5.75 Å². The maximum atomic E-state index is 12.3. The maximum Gasteiger partial charge on any atom is 0.277 e. The van der Waals surface area contributed by atoms with E-state index in [1.54, 1.807) is 0 Å². The quantitative estimate of drug-likeness (QED) is 0.369.